The fraction of sp³-hybridized carbons (Fsp3) is 0.250. The minimum absolute atomic E-state index is 0.129. The first-order valence-electron chi connectivity index (χ1n) is 14.5. The third-order valence-corrected chi connectivity index (χ3v) is 9.61. The van der Waals surface area contributed by atoms with Crippen LogP contribution in [0.5, 0.6) is 0 Å². The van der Waals surface area contributed by atoms with Crippen LogP contribution in [-0.4, -0.2) is 54.8 Å². The zero-order valence-electron chi connectivity index (χ0n) is 26.3. The minimum atomic E-state index is -4.35. The van der Waals surface area contributed by atoms with Gasteiger partial charge in [-0.1, -0.05) is 44.0 Å². The molecule has 0 saturated heterocycles. The zero-order chi connectivity index (χ0) is 32.7. The van der Waals surface area contributed by atoms with Crippen LogP contribution in [0.3, 0.4) is 0 Å². The second-order valence-corrected chi connectivity index (χ2v) is 13.7. The molecule has 9 heteroatoms. The van der Waals surface area contributed by atoms with Crippen molar-refractivity contribution >= 4 is 38.7 Å². The van der Waals surface area contributed by atoms with Gasteiger partial charge in [0.1, 0.15) is 7.05 Å². The third kappa shape index (κ3) is 5.75. The summed E-state index contributed by atoms with van der Waals surface area (Å²) >= 11 is 0. The van der Waals surface area contributed by atoms with Gasteiger partial charge in [0.2, 0.25) is 5.69 Å². The second-order valence-electron chi connectivity index (χ2n) is 12.3. The molecule has 8 nitrogen and oxygen atoms in total. The van der Waals surface area contributed by atoms with E-state index < -0.39 is 15.5 Å². The minimum Gasteiger partial charge on any atom is -0.347 e. The van der Waals surface area contributed by atoms with Gasteiger partial charge in [-0.05, 0) is 61.9 Å². The van der Waals surface area contributed by atoms with E-state index in [1.54, 1.807) is 18.2 Å². The van der Waals surface area contributed by atoms with E-state index in [-0.39, 0.29) is 22.8 Å². The number of anilines is 1. The maximum atomic E-state index is 12.4. The highest BCUT2D eigenvalue weighted by Crippen LogP contribution is 2.47. The first-order chi connectivity index (χ1) is 21.2. The number of carbonyl (C=O) groups excluding carboxylic acids is 1. The van der Waals surface area contributed by atoms with Gasteiger partial charge in [0, 0.05) is 53.3 Å². The number of para-hydroxylation sites is 1. The number of hydrogen-bond acceptors (Lipinski definition) is 5. The van der Waals surface area contributed by atoms with Crippen molar-refractivity contribution in [2.24, 2.45) is 0 Å². The van der Waals surface area contributed by atoms with Gasteiger partial charge in [-0.25, -0.2) is 0 Å². The molecule has 0 unspecified atom stereocenters. The molecule has 0 aliphatic carbocycles. The largest absolute Gasteiger partial charge is 0.347 e. The normalized spacial score (nSPS) is 17.9. The van der Waals surface area contributed by atoms with Crippen LogP contribution < -0.4 is 10.2 Å². The monoisotopic (exact) mass is 621 g/mol. The lowest BCUT2D eigenvalue weighted by atomic mass is 9.81. The van der Waals surface area contributed by atoms with Crippen LogP contribution in [0.4, 0.5) is 11.4 Å². The van der Waals surface area contributed by atoms with Crippen molar-refractivity contribution in [1.29, 1.82) is 0 Å². The molecule has 0 spiro atoms. The Morgan fingerprint density at radius 2 is 1.82 bits per heavy atom. The number of fused-ring (bicyclic) bond motifs is 2. The molecule has 2 aliphatic rings. The summed E-state index contributed by atoms with van der Waals surface area (Å²) < 4.78 is 35.6. The topological polar surface area (TPSA) is 103 Å². The Morgan fingerprint density at radius 3 is 2.47 bits per heavy atom. The molecular weight excluding hydrogens is 584 g/mol. The summed E-state index contributed by atoms with van der Waals surface area (Å²) in [5, 5.41) is 2.66. The lowest BCUT2D eigenvalue weighted by Gasteiger charge is -2.24. The molecule has 5 rings (SSSR count). The molecule has 0 fully saturated rings. The second kappa shape index (κ2) is 11.6. The van der Waals surface area contributed by atoms with Gasteiger partial charge in [0.05, 0.1) is 28.1 Å². The van der Waals surface area contributed by atoms with Crippen LogP contribution in [0.25, 0.3) is 5.57 Å². The molecule has 2 aliphatic heterocycles. The van der Waals surface area contributed by atoms with E-state index in [9.17, 15) is 17.8 Å². The van der Waals surface area contributed by atoms with Crippen LogP contribution in [0.2, 0.25) is 0 Å². The molecular formula is C36H37N4O4S+. The summed E-state index contributed by atoms with van der Waals surface area (Å²) in [6.07, 6.45) is 14.9. The summed E-state index contributed by atoms with van der Waals surface area (Å²) in [6, 6.07) is 16.5. The van der Waals surface area contributed by atoms with E-state index in [4.69, 9.17) is 6.42 Å². The van der Waals surface area contributed by atoms with Crippen molar-refractivity contribution in [3.8, 4) is 12.3 Å². The smallest absolute Gasteiger partial charge is 0.294 e. The van der Waals surface area contributed by atoms with E-state index in [0.29, 0.717) is 11.3 Å². The number of allylic oxidation sites excluding steroid dienone is 6. The van der Waals surface area contributed by atoms with Gasteiger partial charge in [0.25, 0.3) is 16.0 Å². The number of carbonyl (C=O) groups is 1. The van der Waals surface area contributed by atoms with E-state index in [0.717, 1.165) is 33.9 Å². The van der Waals surface area contributed by atoms with Gasteiger partial charge >= 0.3 is 0 Å². The van der Waals surface area contributed by atoms with Gasteiger partial charge in [-0.2, -0.15) is 13.0 Å². The van der Waals surface area contributed by atoms with Crippen molar-refractivity contribution in [3.05, 3.63) is 113 Å². The number of nitrogens with zero attached hydrogens (tertiary/aromatic N) is 3. The molecule has 1 aromatic heterocycles. The summed E-state index contributed by atoms with van der Waals surface area (Å²) in [5.41, 5.74) is 7.19. The summed E-state index contributed by atoms with van der Waals surface area (Å²) in [4.78, 5) is 19.0. The molecule has 0 atom stereocenters. The Kier molecular flexibility index (Phi) is 8.17. The molecule has 2 N–H and O–H groups in total. The molecule has 2 aromatic carbocycles. The summed E-state index contributed by atoms with van der Waals surface area (Å²) in [5.74, 6) is 2.10. The van der Waals surface area contributed by atoms with Crippen LogP contribution in [-0.2, 0) is 20.9 Å². The first kappa shape index (κ1) is 31.6. The SMILES string of the molecule is C#CCNC(=O)c1ccc(C(=C\C=C2\N(C)c3ccc(S(=O)(=O)O)cc3C2(C)C)/C=C/C2=[N+](C)c3ccccc3C2(C)C)nc1. The Hall–Kier alpha value is -4.78. The summed E-state index contributed by atoms with van der Waals surface area (Å²) in [7, 11) is -0.352. The average Bonchev–Trinajstić information content (AvgIpc) is 3.32. The van der Waals surface area contributed by atoms with Gasteiger partial charge in [-0.3, -0.25) is 14.3 Å². The van der Waals surface area contributed by atoms with Crippen molar-refractivity contribution < 1.29 is 22.3 Å². The van der Waals surface area contributed by atoms with E-state index in [1.165, 1.54) is 23.9 Å². The highest BCUT2D eigenvalue weighted by molar-refractivity contribution is 7.85. The fourth-order valence-electron chi connectivity index (χ4n) is 6.27. The van der Waals surface area contributed by atoms with Crippen LogP contribution in [0.15, 0.2) is 95.7 Å². The number of aromatic nitrogens is 1. The first-order valence-corrected chi connectivity index (χ1v) is 16.0. The molecule has 45 heavy (non-hydrogen) atoms. The van der Waals surface area contributed by atoms with E-state index in [2.05, 4.69) is 66.0 Å². The van der Waals surface area contributed by atoms with Crippen molar-refractivity contribution in [2.45, 2.75) is 43.4 Å². The highest BCUT2D eigenvalue weighted by Gasteiger charge is 2.42. The number of hydrogen-bond donors (Lipinski definition) is 2. The Labute approximate surface area is 265 Å². The molecule has 3 aromatic rings. The maximum Gasteiger partial charge on any atom is 0.294 e. The highest BCUT2D eigenvalue weighted by atomic mass is 32.2. The van der Waals surface area contributed by atoms with Crippen LogP contribution in [0, 0.1) is 12.3 Å². The molecule has 230 valence electrons. The average molecular weight is 622 g/mol. The van der Waals surface area contributed by atoms with Crippen LogP contribution in [0.1, 0.15) is 54.9 Å². The molecule has 0 radical (unpaired) electrons. The third-order valence-electron chi connectivity index (χ3n) is 8.76. The number of amides is 1. The predicted molar refractivity (Wildman–Crippen MR) is 179 cm³/mol. The fourth-order valence-corrected chi connectivity index (χ4v) is 6.78. The van der Waals surface area contributed by atoms with Crippen molar-refractivity contribution in [2.75, 3.05) is 25.5 Å². The van der Waals surface area contributed by atoms with E-state index in [1.807, 2.05) is 50.1 Å². The Balaban J connectivity index is 1.59. The molecule has 0 bridgehead atoms. The molecule has 1 amide bonds. The van der Waals surface area contributed by atoms with Crippen molar-refractivity contribution in [1.82, 2.24) is 10.3 Å². The summed E-state index contributed by atoms with van der Waals surface area (Å²) in [6.45, 7) is 8.57. The Morgan fingerprint density at radius 1 is 1.09 bits per heavy atom. The zero-order valence-corrected chi connectivity index (χ0v) is 27.1. The number of likely N-dealkylation sites (N-methyl/N-ethyl adjacent to an activating group) is 1. The lowest BCUT2D eigenvalue weighted by molar-refractivity contribution is -0.401. The Bertz CT molecular complexity index is 1980. The molecule has 0 saturated carbocycles. The number of benzene rings is 2. The predicted octanol–water partition coefficient (Wildman–Crippen LogP) is 5.65. The van der Waals surface area contributed by atoms with Gasteiger partial charge in [0.15, 0.2) is 5.71 Å². The van der Waals surface area contributed by atoms with Gasteiger partial charge in [-0.15, -0.1) is 6.42 Å². The number of terminal acetylenes is 1. The molecule has 3 heterocycles. The van der Waals surface area contributed by atoms with Crippen LogP contribution >= 0.6 is 0 Å². The number of nitrogens with one attached hydrogen (secondary N) is 1. The van der Waals surface area contributed by atoms with E-state index >= 15 is 0 Å². The number of pyridine rings is 1. The lowest BCUT2D eigenvalue weighted by Crippen LogP contribution is -2.26. The van der Waals surface area contributed by atoms with Crippen molar-refractivity contribution in [3.63, 3.8) is 0 Å². The maximum absolute atomic E-state index is 12.4. The van der Waals surface area contributed by atoms with Gasteiger partial charge < -0.3 is 10.2 Å². The number of rotatable bonds is 7. The quantitative estimate of drug-likeness (QED) is 0.153. The standard InChI is InChI=1S/C36H36N4O4S/c1-8-21-37-34(41)25-13-17-29(38-23-25)24(14-19-32-35(2,3)27-11-9-10-12-30(27)39(32)6)15-20-33-36(4,5)28-22-26(45(42,43)44)16-18-31(28)40(33)7/h1,9-20,22-23H,21H2,2-7H3,(H-,37,41,42,43,44)/p+1.